The molecule has 1 aromatic carbocycles. The van der Waals surface area contributed by atoms with Crippen LogP contribution in [0.4, 0.5) is 5.69 Å². The monoisotopic (exact) mass is 292 g/mol. The van der Waals surface area contributed by atoms with Gasteiger partial charge in [-0.15, -0.1) is 0 Å². The molecule has 1 aromatic rings. The number of carbonyl (C=O) groups excluding carboxylic acids is 1. The third kappa shape index (κ3) is 3.40. The molecule has 0 aromatic heterocycles. The maximum atomic E-state index is 12.3. The Morgan fingerprint density at radius 2 is 1.76 bits per heavy atom. The number of likely N-dealkylation sites (tertiary alicyclic amines) is 1. The molecule has 1 N–H and O–H groups in total. The van der Waals surface area contributed by atoms with Crippen LogP contribution >= 0.6 is 0 Å². The normalized spacial score (nSPS) is 15.7. The lowest BCUT2D eigenvalue weighted by molar-refractivity contribution is -0.130. The standard InChI is InChI=1S/C16H24N2O3/c1-11-9-14(20-3)15(21-4)10-13(11)17-12(2)16(19)18-7-5-6-8-18/h9-10,12,17H,5-8H2,1-4H3/t12-/m0/s1. The zero-order valence-corrected chi connectivity index (χ0v) is 13.2. The minimum absolute atomic E-state index is 0.154. The quantitative estimate of drug-likeness (QED) is 0.905. The number of nitrogens with zero attached hydrogens (tertiary/aromatic N) is 1. The average molecular weight is 292 g/mol. The SMILES string of the molecule is COc1cc(C)c(N[C@@H](C)C(=O)N2CCCC2)cc1OC. The molecular weight excluding hydrogens is 268 g/mol. The first-order valence-electron chi connectivity index (χ1n) is 7.34. The second kappa shape index (κ2) is 6.70. The topological polar surface area (TPSA) is 50.8 Å². The van der Waals surface area contributed by atoms with E-state index < -0.39 is 0 Å². The molecule has 1 atom stereocenters. The molecule has 1 amide bonds. The summed E-state index contributed by atoms with van der Waals surface area (Å²) in [6, 6.07) is 3.54. The van der Waals surface area contributed by atoms with Crippen LogP contribution in [0.3, 0.4) is 0 Å². The molecule has 21 heavy (non-hydrogen) atoms. The lowest BCUT2D eigenvalue weighted by atomic mass is 10.1. The third-order valence-corrected chi connectivity index (χ3v) is 3.89. The van der Waals surface area contributed by atoms with Crippen molar-refractivity contribution in [2.24, 2.45) is 0 Å². The lowest BCUT2D eigenvalue weighted by Gasteiger charge is -2.23. The summed E-state index contributed by atoms with van der Waals surface area (Å²) in [5.41, 5.74) is 1.92. The van der Waals surface area contributed by atoms with Gasteiger partial charge in [0.1, 0.15) is 6.04 Å². The Balaban J connectivity index is 2.12. The van der Waals surface area contributed by atoms with E-state index >= 15 is 0 Å². The highest BCUT2D eigenvalue weighted by Gasteiger charge is 2.23. The molecule has 0 spiro atoms. The van der Waals surface area contributed by atoms with Crippen molar-refractivity contribution < 1.29 is 14.3 Å². The number of anilines is 1. The van der Waals surface area contributed by atoms with Crippen molar-refractivity contribution in [3.63, 3.8) is 0 Å². The molecule has 0 aliphatic carbocycles. The zero-order valence-electron chi connectivity index (χ0n) is 13.2. The van der Waals surface area contributed by atoms with Crippen molar-refractivity contribution in [2.75, 3.05) is 32.6 Å². The van der Waals surface area contributed by atoms with Crippen LogP contribution < -0.4 is 14.8 Å². The van der Waals surface area contributed by atoms with Gasteiger partial charge in [0.05, 0.1) is 14.2 Å². The first kappa shape index (κ1) is 15.5. The maximum Gasteiger partial charge on any atom is 0.244 e. The molecule has 0 unspecified atom stereocenters. The number of nitrogens with one attached hydrogen (secondary N) is 1. The number of amides is 1. The van der Waals surface area contributed by atoms with Crippen LogP contribution in [0.1, 0.15) is 25.3 Å². The summed E-state index contributed by atoms with van der Waals surface area (Å²) in [4.78, 5) is 14.3. The van der Waals surface area contributed by atoms with E-state index in [2.05, 4.69) is 5.32 Å². The van der Waals surface area contributed by atoms with Crippen molar-refractivity contribution in [2.45, 2.75) is 32.7 Å². The van der Waals surface area contributed by atoms with E-state index in [4.69, 9.17) is 9.47 Å². The number of hydrogen-bond acceptors (Lipinski definition) is 4. The van der Waals surface area contributed by atoms with Crippen LogP contribution in [0.15, 0.2) is 12.1 Å². The summed E-state index contributed by atoms with van der Waals surface area (Å²) in [6.07, 6.45) is 2.21. The van der Waals surface area contributed by atoms with Crippen molar-refractivity contribution in [1.29, 1.82) is 0 Å². The van der Waals surface area contributed by atoms with E-state index in [9.17, 15) is 4.79 Å². The highest BCUT2D eigenvalue weighted by molar-refractivity contribution is 5.85. The van der Waals surface area contributed by atoms with Gasteiger partial charge in [-0.05, 0) is 38.3 Å². The van der Waals surface area contributed by atoms with Gasteiger partial charge >= 0.3 is 0 Å². The van der Waals surface area contributed by atoms with E-state index in [1.807, 2.05) is 30.9 Å². The number of rotatable bonds is 5. The average Bonchev–Trinajstić information content (AvgIpc) is 3.02. The largest absolute Gasteiger partial charge is 0.493 e. The molecule has 1 saturated heterocycles. The van der Waals surface area contributed by atoms with E-state index in [1.54, 1.807) is 14.2 Å². The molecule has 1 aliphatic heterocycles. The second-order valence-corrected chi connectivity index (χ2v) is 5.42. The minimum Gasteiger partial charge on any atom is -0.493 e. The van der Waals surface area contributed by atoms with Gasteiger partial charge in [-0.25, -0.2) is 0 Å². The Kier molecular flexibility index (Phi) is 4.94. The van der Waals surface area contributed by atoms with E-state index in [0.29, 0.717) is 11.5 Å². The van der Waals surface area contributed by atoms with Gasteiger partial charge in [0.2, 0.25) is 5.91 Å². The number of benzene rings is 1. The van der Waals surface area contributed by atoms with Gasteiger partial charge in [-0.2, -0.15) is 0 Å². The Morgan fingerprint density at radius 1 is 1.19 bits per heavy atom. The molecule has 2 rings (SSSR count). The number of aryl methyl sites for hydroxylation is 1. The van der Waals surface area contributed by atoms with Crippen LogP contribution in [0.5, 0.6) is 11.5 Å². The highest BCUT2D eigenvalue weighted by atomic mass is 16.5. The summed E-state index contributed by atoms with van der Waals surface area (Å²) in [5.74, 6) is 1.51. The molecule has 116 valence electrons. The third-order valence-electron chi connectivity index (χ3n) is 3.89. The van der Waals surface area contributed by atoms with E-state index in [1.165, 1.54) is 0 Å². The first-order valence-corrected chi connectivity index (χ1v) is 7.34. The van der Waals surface area contributed by atoms with Crippen molar-refractivity contribution in [3.05, 3.63) is 17.7 Å². The predicted molar refractivity (Wildman–Crippen MR) is 83.2 cm³/mol. The van der Waals surface area contributed by atoms with Gasteiger partial charge in [-0.1, -0.05) is 0 Å². The molecule has 1 fully saturated rings. The summed E-state index contributed by atoms with van der Waals surface area (Å²) >= 11 is 0. The molecule has 5 heteroatoms. The van der Waals surface area contributed by atoms with Crippen molar-refractivity contribution in [3.8, 4) is 11.5 Å². The molecule has 0 saturated carbocycles. The first-order chi connectivity index (χ1) is 10.1. The summed E-state index contributed by atoms with van der Waals surface area (Å²) in [6.45, 7) is 5.62. The molecule has 5 nitrogen and oxygen atoms in total. The van der Waals surface area contributed by atoms with Crippen molar-refractivity contribution >= 4 is 11.6 Å². The van der Waals surface area contributed by atoms with E-state index in [0.717, 1.165) is 37.2 Å². The molecular formula is C16H24N2O3. The summed E-state index contributed by atoms with van der Waals surface area (Å²) in [5, 5.41) is 3.29. The van der Waals surface area contributed by atoms with Crippen LogP contribution in [-0.2, 0) is 4.79 Å². The minimum atomic E-state index is -0.250. The van der Waals surface area contributed by atoms with Gasteiger partial charge in [0.15, 0.2) is 11.5 Å². The fourth-order valence-corrected chi connectivity index (χ4v) is 2.64. The number of carbonyl (C=O) groups is 1. The molecule has 1 heterocycles. The molecule has 0 bridgehead atoms. The van der Waals surface area contributed by atoms with Crippen LogP contribution in [-0.4, -0.2) is 44.2 Å². The number of hydrogen-bond donors (Lipinski definition) is 1. The second-order valence-electron chi connectivity index (χ2n) is 5.42. The van der Waals surface area contributed by atoms with Crippen molar-refractivity contribution in [1.82, 2.24) is 4.90 Å². The van der Waals surface area contributed by atoms with E-state index in [-0.39, 0.29) is 11.9 Å². The Morgan fingerprint density at radius 3 is 2.33 bits per heavy atom. The fraction of sp³-hybridized carbons (Fsp3) is 0.562. The molecule has 0 radical (unpaired) electrons. The number of ether oxygens (including phenoxy) is 2. The smallest absolute Gasteiger partial charge is 0.244 e. The Labute approximate surface area is 126 Å². The van der Waals surface area contributed by atoms with Gasteiger partial charge in [0.25, 0.3) is 0 Å². The lowest BCUT2D eigenvalue weighted by Crippen LogP contribution is -2.39. The highest BCUT2D eigenvalue weighted by Crippen LogP contribution is 2.33. The van der Waals surface area contributed by atoms with Gasteiger partial charge < -0.3 is 19.7 Å². The van der Waals surface area contributed by atoms with Crippen LogP contribution in [0, 0.1) is 6.92 Å². The van der Waals surface area contributed by atoms with Crippen LogP contribution in [0.2, 0.25) is 0 Å². The van der Waals surface area contributed by atoms with Crippen LogP contribution in [0.25, 0.3) is 0 Å². The van der Waals surface area contributed by atoms with Gasteiger partial charge in [-0.3, -0.25) is 4.79 Å². The summed E-state index contributed by atoms with van der Waals surface area (Å²) in [7, 11) is 3.22. The Hall–Kier alpha value is -1.91. The van der Waals surface area contributed by atoms with Gasteiger partial charge in [0, 0.05) is 24.8 Å². The zero-order chi connectivity index (χ0) is 15.4. The Bertz CT molecular complexity index is 510. The predicted octanol–water partition coefficient (Wildman–Crippen LogP) is 2.44. The number of methoxy groups -OCH3 is 2. The molecule has 1 aliphatic rings. The maximum absolute atomic E-state index is 12.3. The fourth-order valence-electron chi connectivity index (χ4n) is 2.64. The summed E-state index contributed by atoms with van der Waals surface area (Å²) < 4.78 is 10.6.